The predicted molar refractivity (Wildman–Crippen MR) is 91.2 cm³/mol. The number of sulfonamides is 1. The maximum absolute atomic E-state index is 12.1. The standard InChI is InChI=1S/C15H26N2O2S2/c1-20-13-5-3-2-4-12-17-21(18,19)15-8-6-14(7-9-15)10-11-16/h6-9,17H,2-5,10-13,16H2,1H3. The molecule has 120 valence electrons. The molecule has 0 fully saturated rings. The molecule has 0 unspecified atom stereocenters. The lowest BCUT2D eigenvalue weighted by atomic mass is 10.2. The van der Waals surface area contributed by atoms with Crippen molar-refractivity contribution in [1.29, 1.82) is 0 Å². The molecule has 0 aliphatic carbocycles. The number of nitrogens with one attached hydrogen (secondary N) is 1. The van der Waals surface area contributed by atoms with E-state index in [-0.39, 0.29) is 0 Å². The van der Waals surface area contributed by atoms with Crippen molar-refractivity contribution in [3.8, 4) is 0 Å². The molecule has 0 saturated carbocycles. The van der Waals surface area contributed by atoms with E-state index in [0.29, 0.717) is 18.0 Å². The van der Waals surface area contributed by atoms with Gasteiger partial charge in [0.25, 0.3) is 0 Å². The third kappa shape index (κ3) is 7.31. The minimum atomic E-state index is -3.37. The molecule has 0 spiro atoms. The van der Waals surface area contributed by atoms with E-state index >= 15 is 0 Å². The molecular formula is C15H26N2O2S2. The quantitative estimate of drug-likeness (QED) is 0.611. The minimum Gasteiger partial charge on any atom is -0.330 e. The van der Waals surface area contributed by atoms with E-state index in [2.05, 4.69) is 11.0 Å². The van der Waals surface area contributed by atoms with Crippen LogP contribution in [0.3, 0.4) is 0 Å². The first-order valence-corrected chi connectivity index (χ1v) is 10.3. The van der Waals surface area contributed by atoms with Gasteiger partial charge in [0, 0.05) is 6.54 Å². The smallest absolute Gasteiger partial charge is 0.240 e. The maximum atomic E-state index is 12.1. The lowest BCUT2D eigenvalue weighted by Gasteiger charge is -2.07. The molecule has 1 aromatic carbocycles. The van der Waals surface area contributed by atoms with Gasteiger partial charge in [-0.05, 0) is 55.5 Å². The van der Waals surface area contributed by atoms with Gasteiger partial charge in [0.15, 0.2) is 0 Å². The summed E-state index contributed by atoms with van der Waals surface area (Å²) in [7, 11) is -3.37. The SMILES string of the molecule is CSCCCCCCNS(=O)(=O)c1ccc(CCN)cc1. The molecule has 0 amide bonds. The highest BCUT2D eigenvalue weighted by molar-refractivity contribution is 7.98. The van der Waals surface area contributed by atoms with Gasteiger partial charge in [-0.1, -0.05) is 25.0 Å². The van der Waals surface area contributed by atoms with E-state index in [4.69, 9.17) is 5.73 Å². The normalized spacial score (nSPS) is 11.7. The molecular weight excluding hydrogens is 304 g/mol. The number of hydrogen-bond donors (Lipinski definition) is 2. The summed E-state index contributed by atoms with van der Waals surface area (Å²) < 4.78 is 26.9. The highest BCUT2D eigenvalue weighted by atomic mass is 32.2. The van der Waals surface area contributed by atoms with E-state index < -0.39 is 10.0 Å². The third-order valence-corrected chi connectivity index (χ3v) is 5.41. The Morgan fingerprint density at radius 1 is 1.10 bits per heavy atom. The van der Waals surface area contributed by atoms with Gasteiger partial charge in [-0.2, -0.15) is 11.8 Å². The molecule has 0 aromatic heterocycles. The molecule has 3 N–H and O–H groups in total. The van der Waals surface area contributed by atoms with Crippen LogP contribution in [0.5, 0.6) is 0 Å². The highest BCUT2D eigenvalue weighted by Crippen LogP contribution is 2.11. The average Bonchev–Trinajstić information content (AvgIpc) is 2.47. The van der Waals surface area contributed by atoms with Crippen molar-refractivity contribution in [3.63, 3.8) is 0 Å². The fraction of sp³-hybridized carbons (Fsp3) is 0.600. The number of nitrogens with two attached hydrogens (primary N) is 1. The lowest BCUT2D eigenvalue weighted by Crippen LogP contribution is -2.24. The van der Waals surface area contributed by atoms with Crippen molar-refractivity contribution in [2.24, 2.45) is 5.73 Å². The summed E-state index contributed by atoms with van der Waals surface area (Å²) in [6, 6.07) is 6.94. The number of rotatable bonds is 11. The van der Waals surface area contributed by atoms with E-state index in [1.807, 2.05) is 23.9 Å². The second-order valence-corrected chi connectivity index (χ2v) is 7.74. The Labute approximate surface area is 132 Å². The fourth-order valence-corrected chi connectivity index (χ4v) is 3.58. The van der Waals surface area contributed by atoms with Gasteiger partial charge < -0.3 is 5.73 Å². The molecule has 0 heterocycles. The molecule has 0 saturated heterocycles. The number of hydrogen-bond acceptors (Lipinski definition) is 4. The van der Waals surface area contributed by atoms with Crippen molar-refractivity contribution in [1.82, 2.24) is 4.72 Å². The van der Waals surface area contributed by atoms with Crippen LogP contribution in [0.4, 0.5) is 0 Å². The first-order chi connectivity index (χ1) is 10.1. The van der Waals surface area contributed by atoms with Crippen LogP contribution in [0.1, 0.15) is 31.2 Å². The van der Waals surface area contributed by atoms with Crippen LogP contribution in [0, 0.1) is 0 Å². The molecule has 0 aliphatic heterocycles. The van der Waals surface area contributed by atoms with Crippen molar-refractivity contribution in [3.05, 3.63) is 29.8 Å². The number of benzene rings is 1. The van der Waals surface area contributed by atoms with Gasteiger partial charge in [0.2, 0.25) is 10.0 Å². The monoisotopic (exact) mass is 330 g/mol. The van der Waals surface area contributed by atoms with Gasteiger partial charge in [-0.25, -0.2) is 13.1 Å². The van der Waals surface area contributed by atoms with Crippen LogP contribution < -0.4 is 10.5 Å². The second-order valence-electron chi connectivity index (χ2n) is 4.99. The van der Waals surface area contributed by atoms with Crippen LogP contribution >= 0.6 is 11.8 Å². The molecule has 1 aromatic rings. The second kappa shape index (κ2) is 10.2. The van der Waals surface area contributed by atoms with Crippen molar-refractivity contribution >= 4 is 21.8 Å². The van der Waals surface area contributed by atoms with Crippen molar-refractivity contribution in [2.75, 3.05) is 25.1 Å². The van der Waals surface area contributed by atoms with E-state index in [0.717, 1.165) is 31.2 Å². The van der Waals surface area contributed by atoms with Crippen LogP contribution in [-0.2, 0) is 16.4 Å². The van der Waals surface area contributed by atoms with Crippen molar-refractivity contribution in [2.45, 2.75) is 37.0 Å². The fourth-order valence-electron chi connectivity index (χ4n) is 2.02. The van der Waals surface area contributed by atoms with Crippen LogP contribution in [-0.4, -0.2) is 33.5 Å². The Kier molecular flexibility index (Phi) is 8.99. The molecule has 0 aliphatic rings. The Morgan fingerprint density at radius 2 is 1.76 bits per heavy atom. The number of unbranched alkanes of at least 4 members (excludes halogenated alkanes) is 3. The lowest BCUT2D eigenvalue weighted by molar-refractivity contribution is 0.574. The first-order valence-electron chi connectivity index (χ1n) is 7.38. The summed E-state index contributed by atoms with van der Waals surface area (Å²) in [5.74, 6) is 1.18. The molecule has 4 nitrogen and oxygen atoms in total. The first kappa shape index (κ1) is 18.5. The number of thioether (sulfide) groups is 1. The highest BCUT2D eigenvalue weighted by Gasteiger charge is 2.12. The average molecular weight is 331 g/mol. The summed E-state index contributed by atoms with van der Waals surface area (Å²) in [5.41, 5.74) is 6.54. The third-order valence-electron chi connectivity index (χ3n) is 3.23. The molecule has 21 heavy (non-hydrogen) atoms. The molecule has 0 radical (unpaired) electrons. The van der Waals surface area contributed by atoms with Gasteiger partial charge in [-0.15, -0.1) is 0 Å². The Morgan fingerprint density at radius 3 is 2.38 bits per heavy atom. The molecule has 6 heteroatoms. The Balaban J connectivity index is 2.35. The van der Waals surface area contributed by atoms with Gasteiger partial charge in [-0.3, -0.25) is 0 Å². The van der Waals surface area contributed by atoms with Crippen LogP contribution in [0.2, 0.25) is 0 Å². The Hall–Kier alpha value is -0.560. The Bertz CT molecular complexity index is 487. The van der Waals surface area contributed by atoms with E-state index in [1.165, 1.54) is 12.2 Å². The van der Waals surface area contributed by atoms with E-state index in [9.17, 15) is 8.42 Å². The summed E-state index contributed by atoms with van der Waals surface area (Å²) in [4.78, 5) is 0.325. The largest absolute Gasteiger partial charge is 0.330 e. The minimum absolute atomic E-state index is 0.325. The maximum Gasteiger partial charge on any atom is 0.240 e. The summed E-state index contributed by atoms with van der Waals surface area (Å²) in [5, 5.41) is 0. The van der Waals surface area contributed by atoms with Crippen molar-refractivity contribution < 1.29 is 8.42 Å². The molecule has 0 bridgehead atoms. The van der Waals surface area contributed by atoms with Gasteiger partial charge in [0.1, 0.15) is 0 Å². The molecule has 1 rings (SSSR count). The summed E-state index contributed by atoms with van der Waals surface area (Å²) in [6.45, 7) is 1.08. The summed E-state index contributed by atoms with van der Waals surface area (Å²) in [6.07, 6.45) is 7.20. The van der Waals surface area contributed by atoms with Gasteiger partial charge in [0.05, 0.1) is 4.90 Å². The van der Waals surface area contributed by atoms with Crippen LogP contribution in [0.25, 0.3) is 0 Å². The van der Waals surface area contributed by atoms with Crippen LogP contribution in [0.15, 0.2) is 29.2 Å². The molecule has 0 atom stereocenters. The summed E-state index contributed by atoms with van der Waals surface area (Å²) >= 11 is 1.85. The zero-order valence-corrected chi connectivity index (χ0v) is 14.3. The topological polar surface area (TPSA) is 72.2 Å². The van der Waals surface area contributed by atoms with Gasteiger partial charge >= 0.3 is 0 Å². The zero-order chi connectivity index (χ0) is 15.6. The van der Waals surface area contributed by atoms with E-state index in [1.54, 1.807) is 12.1 Å². The zero-order valence-electron chi connectivity index (χ0n) is 12.7. The predicted octanol–water partition coefficient (Wildman–Crippen LogP) is 2.39.